The lowest BCUT2D eigenvalue weighted by Gasteiger charge is -2.17. The lowest BCUT2D eigenvalue weighted by Crippen LogP contribution is -2.31. The first kappa shape index (κ1) is 16.2. The maximum Gasteiger partial charge on any atom is 0.254 e. The molecule has 5 nitrogen and oxygen atoms in total. The van der Waals surface area contributed by atoms with Crippen molar-refractivity contribution >= 4 is 38.4 Å². The largest absolute Gasteiger partial charge is 0.472 e. The van der Waals surface area contributed by atoms with Gasteiger partial charge in [-0.1, -0.05) is 18.2 Å². The molecule has 0 N–H and O–H groups in total. The highest BCUT2D eigenvalue weighted by Gasteiger charge is 2.28. The van der Waals surface area contributed by atoms with E-state index in [9.17, 15) is 4.79 Å². The topological polar surface area (TPSA) is 55.3 Å². The molecule has 6 heteroatoms. The minimum absolute atomic E-state index is 0.0326. The smallest absolute Gasteiger partial charge is 0.254 e. The van der Waals surface area contributed by atoms with Crippen LogP contribution >= 0.6 is 11.3 Å². The van der Waals surface area contributed by atoms with Gasteiger partial charge in [0.05, 0.1) is 27.8 Å². The average Bonchev–Trinajstić information content (AvgIpc) is 3.36. The molecule has 134 valence electrons. The molecule has 5 rings (SSSR count). The van der Waals surface area contributed by atoms with Crippen LogP contribution < -0.4 is 4.74 Å². The Bertz CT molecular complexity index is 1140. The van der Waals surface area contributed by atoms with Gasteiger partial charge in [-0.3, -0.25) is 4.79 Å². The molecule has 1 atom stereocenters. The van der Waals surface area contributed by atoms with Crippen LogP contribution in [0.2, 0.25) is 0 Å². The van der Waals surface area contributed by atoms with Crippen LogP contribution in [0.15, 0.2) is 60.1 Å². The van der Waals surface area contributed by atoms with Gasteiger partial charge in [-0.05, 0) is 30.3 Å². The molecule has 1 saturated heterocycles. The molecule has 1 aliphatic rings. The van der Waals surface area contributed by atoms with E-state index in [1.165, 1.54) is 0 Å². The fraction of sp³-hybridized carbons (Fsp3) is 0.190. The monoisotopic (exact) mass is 375 g/mol. The van der Waals surface area contributed by atoms with E-state index in [0.29, 0.717) is 24.5 Å². The fourth-order valence-corrected chi connectivity index (χ4v) is 4.18. The number of amides is 1. The molecular formula is C21H17N3O2S. The summed E-state index contributed by atoms with van der Waals surface area (Å²) in [6.07, 6.45) is 0.776. The number of para-hydroxylation sites is 1. The molecule has 1 aliphatic heterocycles. The number of pyridine rings is 1. The predicted molar refractivity (Wildman–Crippen MR) is 106 cm³/mol. The maximum absolute atomic E-state index is 12.8. The summed E-state index contributed by atoms with van der Waals surface area (Å²) in [6, 6.07) is 17.6. The van der Waals surface area contributed by atoms with Crippen molar-refractivity contribution in [3.8, 4) is 5.88 Å². The van der Waals surface area contributed by atoms with Gasteiger partial charge in [0.2, 0.25) is 5.88 Å². The summed E-state index contributed by atoms with van der Waals surface area (Å²) in [5.41, 5.74) is 4.35. The molecule has 0 spiro atoms. The van der Waals surface area contributed by atoms with Crippen molar-refractivity contribution in [1.29, 1.82) is 0 Å². The van der Waals surface area contributed by atoms with Crippen molar-refractivity contribution < 1.29 is 9.53 Å². The minimum Gasteiger partial charge on any atom is -0.472 e. The number of fused-ring (bicyclic) bond motifs is 2. The Kier molecular flexibility index (Phi) is 3.98. The van der Waals surface area contributed by atoms with E-state index in [1.54, 1.807) is 16.8 Å². The van der Waals surface area contributed by atoms with Gasteiger partial charge in [0.1, 0.15) is 6.10 Å². The third kappa shape index (κ3) is 3.13. The van der Waals surface area contributed by atoms with Crippen LogP contribution in [-0.4, -0.2) is 40.0 Å². The molecule has 1 fully saturated rings. The van der Waals surface area contributed by atoms with Crippen LogP contribution in [0.4, 0.5) is 0 Å². The highest BCUT2D eigenvalue weighted by molar-refractivity contribution is 7.16. The number of ether oxygens (including phenoxy) is 1. The molecule has 0 bridgehead atoms. The summed E-state index contributed by atoms with van der Waals surface area (Å²) in [7, 11) is 0. The van der Waals surface area contributed by atoms with Crippen molar-refractivity contribution in [3.05, 3.63) is 65.7 Å². The van der Waals surface area contributed by atoms with Crippen LogP contribution in [-0.2, 0) is 0 Å². The van der Waals surface area contributed by atoms with E-state index < -0.39 is 0 Å². The van der Waals surface area contributed by atoms with E-state index in [2.05, 4.69) is 9.97 Å². The van der Waals surface area contributed by atoms with Crippen LogP contribution in [0.1, 0.15) is 16.8 Å². The number of carbonyl (C=O) groups excluding carboxylic acids is 1. The van der Waals surface area contributed by atoms with E-state index in [1.807, 2.05) is 59.5 Å². The number of carbonyl (C=O) groups is 1. The van der Waals surface area contributed by atoms with Gasteiger partial charge >= 0.3 is 0 Å². The Morgan fingerprint density at radius 3 is 3.00 bits per heavy atom. The molecule has 27 heavy (non-hydrogen) atoms. The molecule has 3 heterocycles. The van der Waals surface area contributed by atoms with Gasteiger partial charge < -0.3 is 9.64 Å². The lowest BCUT2D eigenvalue weighted by atomic mass is 10.2. The Labute approximate surface area is 160 Å². The Hall–Kier alpha value is -2.99. The zero-order valence-corrected chi connectivity index (χ0v) is 15.4. The maximum atomic E-state index is 12.8. The second kappa shape index (κ2) is 6.63. The van der Waals surface area contributed by atoms with E-state index in [-0.39, 0.29) is 12.0 Å². The Balaban J connectivity index is 1.29. The highest BCUT2D eigenvalue weighted by Crippen LogP contribution is 2.23. The van der Waals surface area contributed by atoms with Crippen LogP contribution in [0.25, 0.3) is 21.1 Å². The number of hydrogen-bond acceptors (Lipinski definition) is 5. The SMILES string of the molecule is O=C(c1ccc2ncsc2c1)N1CCC(Oc2ccc3ccccc3n2)C1. The Morgan fingerprint density at radius 2 is 2.04 bits per heavy atom. The number of likely N-dealkylation sites (tertiary alicyclic amines) is 1. The first-order valence-corrected chi connectivity index (χ1v) is 9.79. The molecule has 0 aliphatic carbocycles. The zero-order chi connectivity index (χ0) is 18.2. The van der Waals surface area contributed by atoms with Crippen molar-refractivity contribution in [1.82, 2.24) is 14.9 Å². The Morgan fingerprint density at radius 1 is 1.11 bits per heavy atom. The van der Waals surface area contributed by atoms with Crippen LogP contribution in [0, 0.1) is 0 Å². The van der Waals surface area contributed by atoms with Crippen molar-refractivity contribution in [3.63, 3.8) is 0 Å². The third-order valence-electron chi connectivity index (χ3n) is 4.87. The van der Waals surface area contributed by atoms with Gasteiger partial charge in [-0.25, -0.2) is 9.97 Å². The summed E-state index contributed by atoms with van der Waals surface area (Å²) in [6.45, 7) is 1.27. The molecular weight excluding hydrogens is 358 g/mol. The normalized spacial score (nSPS) is 16.9. The van der Waals surface area contributed by atoms with Crippen molar-refractivity contribution in [2.45, 2.75) is 12.5 Å². The second-order valence-corrected chi connectivity index (χ2v) is 7.54. The lowest BCUT2D eigenvalue weighted by molar-refractivity contribution is 0.0771. The summed E-state index contributed by atoms with van der Waals surface area (Å²) >= 11 is 1.55. The highest BCUT2D eigenvalue weighted by atomic mass is 32.1. The van der Waals surface area contributed by atoms with Gasteiger partial charge in [-0.15, -0.1) is 11.3 Å². The third-order valence-corrected chi connectivity index (χ3v) is 5.66. The number of hydrogen-bond donors (Lipinski definition) is 0. The molecule has 4 aromatic rings. The summed E-state index contributed by atoms with van der Waals surface area (Å²) in [5, 5.41) is 1.09. The number of nitrogens with zero attached hydrogens (tertiary/aromatic N) is 3. The van der Waals surface area contributed by atoms with E-state index in [0.717, 1.165) is 27.5 Å². The average molecular weight is 375 g/mol. The summed E-state index contributed by atoms with van der Waals surface area (Å²) in [4.78, 5) is 23.5. The first-order valence-electron chi connectivity index (χ1n) is 8.91. The van der Waals surface area contributed by atoms with Crippen LogP contribution in [0.3, 0.4) is 0 Å². The van der Waals surface area contributed by atoms with Crippen LogP contribution in [0.5, 0.6) is 5.88 Å². The number of rotatable bonds is 3. The quantitative estimate of drug-likeness (QED) is 0.540. The summed E-state index contributed by atoms with van der Waals surface area (Å²) in [5.74, 6) is 0.655. The number of aromatic nitrogens is 2. The molecule has 1 unspecified atom stereocenters. The number of benzene rings is 2. The zero-order valence-electron chi connectivity index (χ0n) is 14.5. The predicted octanol–water partition coefficient (Wildman–Crippen LogP) is 4.14. The molecule has 0 radical (unpaired) electrons. The van der Waals surface area contributed by atoms with E-state index >= 15 is 0 Å². The standard InChI is InChI=1S/C21H17N3O2S/c25-21(15-5-7-18-19(11-15)27-13-22-18)24-10-9-16(12-24)26-20-8-6-14-3-1-2-4-17(14)23-20/h1-8,11,13,16H,9-10,12H2. The molecule has 2 aromatic carbocycles. The first-order chi connectivity index (χ1) is 13.3. The van der Waals surface area contributed by atoms with Gasteiger partial charge in [-0.2, -0.15) is 0 Å². The molecule has 1 amide bonds. The van der Waals surface area contributed by atoms with Gasteiger partial charge in [0, 0.05) is 30.0 Å². The van der Waals surface area contributed by atoms with Gasteiger partial charge in [0.15, 0.2) is 0 Å². The molecule has 2 aromatic heterocycles. The minimum atomic E-state index is -0.0326. The molecule has 0 saturated carbocycles. The number of thiazole rings is 1. The summed E-state index contributed by atoms with van der Waals surface area (Å²) < 4.78 is 7.08. The van der Waals surface area contributed by atoms with Crippen molar-refractivity contribution in [2.24, 2.45) is 0 Å². The van der Waals surface area contributed by atoms with Crippen molar-refractivity contribution in [2.75, 3.05) is 13.1 Å². The van der Waals surface area contributed by atoms with E-state index in [4.69, 9.17) is 4.74 Å². The second-order valence-electron chi connectivity index (χ2n) is 6.66. The van der Waals surface area contributed by atoms with Gasteiger partial charge in [0.25, 0.3) is 5.91 Å². The fourth-order valence-electron chi connectivity index (χ4n) is 3.46.